The zero-order valence-corrected chi connectivity index (χ0v) is 17.4. The van der Waals surface area contributed by atoms with Gasteiger partial charge in [0.25, 0.3) is 0 Å². The Bertz CT molecular complexity index is 909. The van der Waals surface area contributed by atoms with Crippen molar-refractivity contribution in [3.63, 3.8) is 0 Å². The van der Waals surface area contributed by atoms with Crippen LogP contribution in [0.25, 0.3) is 0 Å². The summed E-state index contributed by atoms with van der Waals surface area (Å²) in [5, 5.41) is 2.44. The highest BCUT2D eigenvalue weighted by Gasteiger charge is 2.61. The van der Waals surface area contributed by atoms with Gasteiger partial charge in [0.2, 0.25) is 0 Å². The van der Waals surface area contributed by atoms with Crippen molar-refractivity contribution in [2.24, 2.45) is 5.92 Å². The molecule has 3 aliphatic rings. The maximum absolute atomic E-state index is 15.0. The van der Waals surface area contributed by atoms with E-state index < -0.39 is 31.2 Å². The maximum atomic E-state index is 15.0. The third-order valence-corrected chi connectivity index (χ3v) is 9.49. The third kappa shape index (κ3) is 2.94. The average Bonchev–Trinajstić information content (AvgIpc) is 3.45. The largest absolute Gasteiger partial charge is 0.493 e. The molecular weight excluding hydrogens is 381 g/mol. The molecule has 28 heavy (non-hydrogen) atoms. The van der Waals surface area contributed by atoms with Gasteiger partial charge in [0.15, 0.2) is 9.84 Å². The smallest absolute Gasteiger partial charge is 0.166 e. The first-order valence-corrected chi connectivity index (χ1v) is 11.4. The molecule has 2 heterocycles. The summed E-state index contributed by atoms with van der Waals surface area (Å²) in [7, 11) is -3.65. The summed E-state index contributed by atoms with van der Waals surface area (Å²) in [6.07, 6.45) is 2.37. The molecule has 0 bridgehead atoms. The van der Waals surface area contributed by atoms with Gasteiger partial charge in [-0.2, -0.15) is 0 Å². The highest BCUT2D eigenvalue weighted by atomic mass is 32.2. The molecule has 5 nitrogen and oxygen atoms in total. The second-order valence-corrected chi connectivity index (χ2v) is 11.6. The zero-order chi connectivity index (χ0) is 20.3. The van der Waals surface area contributed by atoms with Crippen LogP contribution in [0.5, 0.6) is 5.75 Å². The van der Waals surface area contributed by atoms with Crippen LogP contribution in [-0.4, -0.2) is 37.7 Å². The molecule has 3 fully saturated rings. The number of ether oxygens (including phenoxy) is 2. The van der Waals surface area contributed by atoms with Crippen molar-refractivity contribution in [2.75, 3.05) is 13.2 Å². The van der Waals surface area contributed by atoms with Gasteiger partial charge >= 0.3 is 0 Å². The molecule has 2 aliphatic heterocycles. The second kappa shape index (κ2) is 6.46. The Hall–Kier alpha value is -1.60. The number of nitrogens with one attached hydrogen (secondary N) is 1. The van der Waals surface area contributed by atoms with E-state index in [1.165, 1.54) is 6.07 Å². The van der Waals surface area contributed by atoms with Gasteiger partial charge in [0.1, 0.15) is 21.9 Å². The third-order valence-electron chi connectivity index (χ3n) is 6.48. The summed E-state index contributed by atoms with van der Waals surface area (Å²) in [4.78, 5) is 0. The number of fused-ring (bicyclic) bond motifs is 1. The quantitative estimate of drug-likeness (QED) is 0.827. The lowest BCUT2D eigenvalue weighted by atomic mass is 9.81. The Morgan fingerprint density at radius 3 is 2.75 bits per heavy atom. The van der Waals surface area contributed by atoms with E-state index in [9.17, 15) is 8.42 Å². The van der Waals surface area contributed by atoms with Crippen molar-refractivity contribution in [3.05, 3.63) is 41.9 Å². The lowest BCUT2D eigenvalue weighted by molar-refractivity contribution is -0.0314. The van der Waals surface area contributed by atoms with Crippen molar-refractivity contribution in [2.45, 2.75) is 61.7 Å². The van der Waals surface area contributed by atoms with Crippen molar-refractivity contribution < 1.29 is 22.3 Å². The molecule has 1 aliphatic carbocycles. The lowest BCUT2D eigenvalue weighted by Gasteiger charge is -2.54. The first-order valence-electron chi connectivity index (χ1n) is 9.83. The van der Waals surface area contributed by atoms with Crippen LogP contribution >= 0.6 is 0 Å². The fourth-order valence-electron chi connectivity index (χ4n) is 4.15. The Morgan fingerprint density at radius 1 is 1.36 bits per heavy atom. The van der Waals surface area contributed by atoms with Gasteiger partial charge in [-0.25, -0.2) is 12.8 Å². The van der Waals surface area contributed by atoms with E-state index in [1.807, 2.05) is 6.92 Å². The number of hydrogen-bond acceptors (Lipinski definition) is 5. The van der Waals surface area contributed by atoms with E-state index in [1.54, 1.807) is 26.0 Å². The monoisotopic (exact) mass is 409 g/mol. The highest BCUT2D eigenvalue weighted by molar-refractivity contribution is 7.93. The van der Waals surface area contributed by atoms with Crippen LogP contribution in [0, 0.1) is 11.7 Å². The number of benzene rings is 1. The van der Waals surface area contributed by atoms with Crippen molar-refractivity contribution in [3.8, 4) is 5.75 Å². The van der Waals surface area contributed by atoms with Crippen LogP contribution in [0.3, 0.4) is 0 Å². The van der Waals surface area contributed by atoms with Gasteiger partial charge in [-0.3, -0.25) is 0 Å². The van der Waals surface area contributed by atoms with Crippen LogP contribution in [0.4, 0.5) is 4.39 Å². The number of halogens is 1. The number of hydrogen-bond donors (Lipinski definition) is 1. The number of rotatable bonds is 4. The Morgan fingerprint density at radius 2 is 2.07 bits per heavy atom. The molecular formula is C21H28FNO4S. The minimum atomic E-state index is -3.65. The van der Waals surface area contributed by atoms with E-state index in [4.69, 9.17) is 9.47 Å². The second-order valence-electron chi connectivity index (χ2n) is 8.87. The van der Waals surface area contributed by atoms with E-state index in [0.717, 1.165) is 12.8 Å². The molecule has 0 spiro atoms. The van der Waals surface area contributed by atoms with E-state index in [-0.39, 0.29) is 18.3 Å². The predicted molar refractivity (Wildman–Crippen MR) is 105 cm³/mol. The summed E-state index contributed by atoms with van der Waals surface area (Å²) in [6, 6.07) is 4.56. The molecule has 2 saturated heterocycles. The SMILES string of the molecule is C=C1N[C@@]2(c3cc(OCC4CC4)ccc3F)CO[C@@H](C)C[C@H]2S(=O)(=O)C1(C)C. The van der Waals surface area contributed by atoms with Crippen molar-refractivity contribution in [1.82, 2.24) is 5.32 Å². The topological polar surface area (TPSA) is 64.6 Å². The molecule has 0 unspecified atom stereocenters. The van der Waals surface area contributed by atoms with Gasteiger partial charge < -0.3 is 14.8 Å². The molecule has 1 aromatic carbocycles. The normalized spacial score (nSPS) is 33.6. The summed E-state index contributed by atoms with van der Waals surface area (Å²) < 4.78 is 52.6. The van der Waals surface area contributed by atoms with Gasteiger partial charge in [0.05, 0.1) is 24.6 Å². The minimum absolute atomic E-state index is 0.0517. The summed E-state index contributed by atoms with van der Waals surface area (Å²) >= 11 is 0. The number of sulfone groups is 1. The van der Waals surface area contributed by atoms with E-state index >= 15 is 4.39 Å². The van der Waals surface area contributed by atoms with Crippen LogP contribution in [0.1, 0.15) is 45.6 Å². The lowest BCUT2D eigenvalue weighted by Crippen LogP contribution is -2.69. The predicted octanol–water partition coefficient (Wildman–Crippen LogP) is 3.30. The van der Waals surface area contributed by atoms with Crippen LogP contribution in [-0.2, 0) is 20.1 Å². The van der Waals surface area contributed by atoms with Crippen LogP contribution in [0.15, 0.2) is 30.5 Å². The molecule has 0 radical (unpaired) electrons. The Kier molecular flexibility index (Phi) is 4.54. The van der Waals surface area contributed by atoms with Crippen LogP contribution < -0.4 is 10.1 Å². The first-order chi connectivity index (χ1) is 13.1. The molecule has 1 saturated carbocycles. The van der Waals surface area contributed by atoms with Gasteiger partial charge in [-0.05, 0) is 64.2 Å². The van der Waals surface area contributed by atoms with Crippen molar-refractivity contribution >= 4 is 9.84 Å². The van der Waals surface area contributed by atoms with Gasteiger partial charge in [-0.15, -0.1) is 0 Å². The average molecular weight is 410 g/mol. The summed E-state index contributed by atoms with van der Waals surface area (Å²) in [6.45, 7) is 9.75. The Labute approximate surface area is 166 Å². The summed E-state index contributed by atoms with van der Waals surface area (Å²) in [5.74, 6) is 0.633. The molecule has 1 N–H and O–H groups in total. The zero-order valence-electron chi connectivity index (χ0n) is 16.6. The molecule has 1 aromatic rings. The first kappa shape index (κ1) is 19.7. The van der Waals surface area contributed by atoms with Crippen molar-refractivity contribution in [1.29, 1.82) is 0 Å². The fourth-order valence-corrected chi connectivity index (χ4v) is 6.56. The molecule has 0 aromatic heterocycles. The van der Waals surface area contributed by atoms with Gasteiger partial charge in [-0.1, -0.05) is 6.58 Å². The minimum Gasteiger partial charge on any atom is -0.493 e. The van der Waals surface area contributed by atoms with E-state index in [0.29, 0.717) is 30.4 Å². The standard InChI is InChI=1S/C21H28FNO4S/c1-13-9-19-21(12-27-13,23-14(2)20(3,4)28(19,24)25)17-10-16(7-8-18(17)22)26-11-15-5-6-15/h7-8,10,13,15,19,23H,2,5-6,9,11-12H2,1,3-4H3/t13-,19+,21+/m0/s1. The van der Waals surface area contributed by atoms with E-state index in [2.05, 4.69) is 11.9 Å². The molecule has 154 valence electrons. The molecule has 0 amide bonds. The Balaban J connectivity index is 1.81. The maximum Gasteiger partial charge on any atom is 0.166 e. The van der Waals surface area contributed by atoms with Crippen LogP contribution in [0.2, 0.25) is 0 Å². The highest BCUT2D eigenvalue weighted by Crippen LogP contribution is 2.48. The molecule has 4 rings (SSSR count). The molecule has 3 atom stereocenters. The summed E-state index contributed by atoms with van der Waals surface area (Å²) in [5.41, 5.74) is -0.607. The van der Waals surface area contributed by atoms with Gasteiger partial charge in [0, 0.05) is 11.3 Å². The molecule has 7 heteroatoms. The fraction of sp³-hybridized carbons (Fsp3) is 0.619.